The van der Waals surface area contributed by atoms with Gasteiger partial charge in [0, 0.05) is 43.8 Å². The van der Waals surface area contributed by atoms with Crippen LogP contribution in [0.1, 0.15) is 27.2 Å². The van der Waals surface area contributed by atoms with Crippen LogP contribution in [0.3, 0.4) is 0 Å². The summed E-state index contributed by atoms with van der Waals surface area (Å²) in [5.74, 6) is -0.124. The summed E-state index contributed by atoms with van der Waals surface area (Å²) in [5, 5.41) is 13.3. The van der Waals surface area contributed by atoms with Crippen LogP contribution in [-0.4, -0.2) is 24.6 Å². The molecule has 0 fully saturated rings. The van der Waals surface area contributed by atoms with E-state index in [1.165, 1.54) is 0 Å². The molecular weight excluding hydrogens is 384 g/mol. The van der Waals surface area contributed by atoms with Gasteiger partial charge < -0.3 is 14.8 Å². The fraction of sp³-hybridized carbons (Fsp3) is 0.154. The van der Waals surface area contributed by atoms with E-state index in [9.17, 15) is 10.1 Å². The number of rotatable bonds is 6. The van der Waals surface area contributed by atoms with E-state index >= 15 is 0 Å². The van der Waals surface area contributed by atoms with Crippen molar-refractivity contribution in [3.63, 3.8) is 0 Å². The zero-order chi connectivity index (χ0) is 21.8. The number of carbonyl (C=O) groups is 1. The average molecular weight is 409 g/mol. The van der Waals surface area contributed by atoms with Crippen molar-refractivity contribution in [3.05, 3.63) is 101 Å². The lowest BCUT2D eigenvalue weighted by molar-refractivity contribution is 0.0942. The molecule has 0 saturated carbocycles. The first-order chi connectivity index (χ1) is 15.1. The van der Waals surface area contributed by atoms with Crippen molar-refractivity contribution in [2.75, 3.05) is 19.0 Å². The van der Waals surface area contributed by atoms with E-state index in [1.54, 1.807) is 6.07 Å². The Morgan fingerprint density at radius 3 is 2.58 bits per heavy atom. The highest BCUT2D eigenvalue weighted by Crippen LogP contribution is 2.23. The largest absolute Gasteiger partial charge is 0.377 e. The van der Waals surface area contributed by atoms with Gasteiger partial charge in [-0.15, -0.1) is 0 Å². The minimum atomic E-state index is -0.124. The van der Waals surface area contributed by atoms with Crippen LogP contribution in [0.5, 0.6) is 0 Å². The molecule has 4 aromatic rings. The van der Waals surface area contributed by atoms with Gasteiger partial charge in [0.1, 0.15) is 5.69 Å². The Hall–Kier alpha value is -4.04. The molecule has 31 heavy (non-hydrogen) atoms. The Morgan fingerprint density at radius 1 is 1.00 bits per heavy atom. The van der Waals surface area contributed by atoms with Crippen molar-refractivity contribution >= 4 is 22.5 Å². The van der Waals surface area contributed by atoms with E-state index in [0.29, 0.717) is 24.3 Å². The van der Waals surface area contributed by atoms with Crippen LogP contribution in [0, 0.1) is 11.3 Å². The molecule has 0 spiro atoms. The van der Waals surface area contributed by atoms with Gasteiger partial charge in [-0.1, -0.05) is 48.5 Å². The molecule has 1 aromatic heterocycles. The maximum atomic E-state index is 13.2. The molecule has 0 saturated heterocycles. The van der Waals surface area contributed by atoms with Gasteiger partial charge in [0.25, 0.3) is 5.91 Å². The van der Waals surface area contributed by atoms with Crippen LogP contribution in [0.4, 0.5) is 5.69 Å². The van der Waals surface area contributed by atoms with Gasteiger partial charge in [-0.25, -0.2) is 0 Å². The quantitative estimate of drug-likeness (QED) is 0.509. The second-order valence-electron chi connectivity index (χ2n) is 7.69. The number of nitrogens with zero attached hydrogens (tertiary/aromatic N) is 3. The van der Waals surface area contributed by atoms with Crippen LogP contribution in [0.25, 0.3) is 10.9 Å². The number of hydrogen-bond donors (Lipinski definition) is 1. The molecule has 0 aliphatic heterocycles. The number of benzene rings is 3. The summed E-state index contributed by atoms with van der Waals surface area (Å²) in [7, 11) is 3.99. The standard InChI is InChI=1S/C26H24N4O/c1-29(2)23-12-5-4-11-22(23)17-28-26(31)25-15-21-10-3-6-13-24(21)30(25)18-20-9-7-8-19(14-20)16-27/h3-15H,17-18H2,1-2H3,(H,28,31). The third-order valence-electron chi connectivity index (χ3n) is 5.35. The Morgan fingerprint density at radius 2 is 1.77 bits per heavy atom. The van der Waals surface area contributed by atoms with Crippen LogP contribution in [-0.2, 0) is 13.1 Å². The van der Waals surface area contributed by atoms with Crippen molar-refractivity contribution in [3.8, 4) is 6.07 Å². The van der Waals surface area contributed by atoms with Crippen LogP contribution < -0.4 is 10.2 Å². The lowest BCUT2D eigenvalue weighted by atomic mass is 10.1. The molecule has 5 nitrogen and oxygen atoms in total. The number of nitrogens with one attached hydrogen (secondary N) is 1. The first-order valence-electron chi connectivity index (χ1n) is 10.2. The zero-order valence-corrected chi connectivity index (χ0v) is 17.7. The molecule has 0 radical (unpaired) electrons. The molecule has 0 bridgehead atoms. The first-order valence-corrected chi connectivity index (χ1v) is 10.2. The molecule has 0 unspecified atom stereocenters. The van der Waals surface area contributed by atoms with Crippen molar-refractivity contribution in [1.82, 2.24) is 9.88 Å². The van der Waals surface area contributed by atoms with Gasteiger partial charge in [0.15, 0.2) is 0 Å². The van der Waals surface area contributed by atoms with Gasteiger partial charge in [0.05, 0.1) is 11.6 Å². The molecular formula is C26H24N4O. The average Bonchev–Trinajstić information content (AvgIpc) is 3.16. The number of nitriles is 1. The number of amides is 1. The second-order valence-corrected chi connectivity index (χ2v) is 7.69. The molecule has 5 heteroatoms. The molecule has 1 N–H and O–H groups in total. The van der Waals surface area contributed by atoms with Gasteiger partial charge in [0.2, 0.25) is 0 Å². The maximum Gasteiger partial charge on any atom is 0.268 e. The zero-order valence-electron chi connectivity index (χ0n) is 17.7. The highest BCUT2D eigenvalue weighted by atomic mass is 16.1. The van der Waals surface area contributed by atoms with Crippen molar-refractivity contribution < 1.29 is 4.79 Å². The van der Waals surface area contributed by atoms with E-state index in [0.717, 1.165) is 27.7 Å². The Balaban J connectivity index is 1.65. The summed E-state index contributed by atoms with van der Waals surface area (Å²) in [5.41, 5.74) is 5.32. The smallest absolute Gasteiger partial charge is 0.268 e. The fourth-order valence-corrected chi connectivity index (χ4v) is 3.85. The molecule has 1 amide bonds. The number of anilines is 1. The molecule has 154 valence electrons. The number of carbonyl (C=O) groups excluding carboxylic acids is 1. The fourth-order valence-electron chi connectivity index (χ4n) is 3.85. The van der Waals surface area contributed by atoms with Crippen molar-refractivity contribution in [2.45, 2.75) is 13.1 Å². The van der Waals surface area contributed by atoms with E-state index in [4.69, 9.17) is 0 Å². The number of hydrogen-bond acceptors (Lipinski definition) is 3. The lowest BCUT2D eigenvalue weighted by Crippen LogP contribution is -2.26. The van der Waals surface area contributed by atoms with Gasteiger partial charge in [-0.05, 0) is 41.5 Å². The summed E-state index contributed by atoms with van der Waals surface area (Å²) in [6.07, 6.45) is 0. The lowest BCUT2D eigenvalue weighted by Gasteiger charge is -2.18. The minimum Gasteiger partial charge on any atom is -0.377 e. The Labute approximate surface area is 182 Å². The number of aromatic nitrogens is 1. The van der Waals surface area contributed by atoms with E-state index in [1.807, 2.05) is 96.4 Å². The molecule has 0 aliphatic carbocycles. The topological polar surface area (TPSA) is 61.1 Å². The van der Waals surface area contributed by atoms with Crippen molar-refractivity contribution in [1.29, 1.82) is 5.26 Å². The summed E-state index contributed by atoms with van der Waals surface area (Å²) < 4.78 is 2.01. The third kappa shape index (κ3) is 4.29. The van der Waals surface area contributed by atoms with Crippen LogP contribution >= 0.6 is 0 Å². The highest BCUT2D eigenvalue weighted by molar-refractivity contribution is 5.98. The predicted octanol–water partition coefficient (Wildman–Crippen LogP) is 4.56. The maximum absolute atomic E-state index is 13.2. The summed E-state index contributed by atoms with van der Waals surface area (Å²) >= 11 is 0. The Bertz CT molecular complexity index is 1280. The first kappa shape index (κ1) is 20.2. The van der Waals surface area contributed by atoms with E-state index in [-0.39, 0.29) is 5.91 Å². The normalized spacial score (nSPS) is 10.6. The second kappa shape index (κ2) is 8.76. The van der Waals surface area contributed by atoms with E-state index < -0.39 is 0 Å². The summed E-state index contributed by atoms with van der Waals surface area (Å²) in [6.45, 7) is 0.957. The molecule has 3 aromatic carbocycles. The molecule has 0 atom stereocenters. The minimum absolute atomic E-state index is 0.124. The molecule has 4 rings (SSSR count). The van der Waals surface area contributed by atoms with E-state index in [2.05, 4.69) is 11.4 Å². The molecule has 0 aliphatic rings. The number of fused-ring (bicyclic) bond motifs is 1. The van der Waals surface area contributed by atoms with Gasteiger partial charge in [-0.2, -0.15) is 5.26 Å². The van der Waals surface area contributed by atoms with Gasteiger partial charge >= 0.3 is 0 Å². The number of para-hydroxylation sites is 2. The molecule has 1 heterocycles. The predicted molar refractivity (Wildman–Crippen MR) is 124 cm³/mol. The highest BCUT2D eigenvalue weighted by Gasteiger charge is 2.16. The third-order valence-corrected chi connectivity index (χ3v) is 5.35. The van der Waals surface area contributed by atoms with Crippen molar-refractivity contribution in [2.24, 2.45) is 0 Å². The SMILES string of the molecule is CN(C)c1ccccc1CNC(=O)c1cc2ccccc2n1Cc1cccc(C#N)c1. The Kier molecular flexibility index (Phi) is 5.72. The van der Waals surface area contributed by atoms with Crippen LogP contribution in [0.15, 0.2) is 78.9 Å². The summed E-state index contributed by atoms with van der Waals surface area (Å²) in [4.78, 5) is 15.2. The monoisotopic (exact) mass is 408 g/mol. The van der Waals surface area contributed by atoms with Gasteiger partial charge in [-0.3, -0.25) is 4.79 Å². The summed E-state index contributed by atoms with van der Waals surface area (Å²) in [6, 6.07) is 27.6. The van der Waals surface area contributed by atoms with Crippen LogP contribution in [0.2, 0.25) is 0 Å².